The third-order valence-electron chi connectivity index (χ3n) is 3.09. The van der Waals surface area contributed by atoms with Crippen LogP contribution < -0.4 is 15.4 Å². The Morgan fingerprint density at radius 2 is 2.09 bits per heavy atom. The summed E-state index contributed by atoms with van der Waals surface area (Å²) in [6, 6.07) is 9.19. The summed E-state index contributed by atoms with van der Waals surface area (Å²) in [6.07, 6.45) is 0.205. The average molecular weight is 332 g/mol. The second-order valence-electron chi connectivity index (χ2n) is 4.96. The van der Waals surface area contributed by atoms with E-state index in [1.54, 1.807) is 6.07 Å². The molecule has 1 aromatic carbocycles. The predicted octanol–water partition coefficient (Wildman–Crippen LogP) is 3.21. The molecule has 1 aromatic heterocycles. The Morgan fingerprint density at radius 1 is 1.26 bits per heavy atom. The van der Waals surface area contributed by atoms with Crippen LogP contribution in [-0.4, -0.2) is 25.0 Å². The van der Waals surface area contributed by atoms with Gasteiger partial charge in [0.2, 0.25) is 5.91 Å². The first kappa shape index (κ1) is 17.0. The molecule has 0 spiro atoms. The van der Waals surface area contributed by atoms with E-state index in [0.717, 1.165) is 5.56 Å². The number of carbonyl (C=O) groups excluding carboxylic acids is 2. The van der Waals surface area contributed by atoms with Crippen LogP contribution in [0.3, 0.4) is 0 Å². The highest BCUT2D eigenvalue weighted by atomic mass is 32.1. The van der Waals surface area contributed by atoms with Gasteiger partial charge in [-0.3, -0.25) is 9.59 Å². The highest BCUT2D eigenvalue weighted by Crippen LogP contribution is 2.25. The Bertz CT molecular complexity index is 668. The molecule has 2 amide bonds. The number of hydrogen-bond acceptors (Lipinski definition) is 4. The normalized spacial score (nSPS) is 10.2. The highest BCUT2D eigenvalue weighted by Gasteiger charge is 2.10. The number of thiophene rings is 1. The van der Waals surface area contributed by atoms with Crippen molar-refractivity contribution in [1.82, 2.24) is 5.32 Å². The molecule has 0 aliphatic rings. The van der Waals surface area contributed by atoms with Crippen molar-refractivity contribution in [2.75, 3.05) is 18.5 Å². The van der Waals surface area contributed by atoms with Crippen LogP contribution in [0, 0.1) is 6.92 Å². The molecule has 23 heavy (non-hydrogen) atoms. The molecular formula is C17H20N2O3S. The topological polar surface area (TPSA) is 67.4 Å². The number of rotatable bonds is 7. The van der Waals surface area contributed by atoms with Crippen LogP contribution in [0.5, 0.6) is 5.75 Å². The fraction of sp³-hybridized carbons (Fsp3) is 0.294. The fourth-order valence-corrected chi connectivity index (χ4v) is 2.64. The number of amides is 2. The van der Waals surface area contributed by atoms with E-state index in [9.17, 15) is 9.59 Å². The van der Waals surface area contributed by atoms with Gasteiger partial charge in [0.05, 0.1) is 17.2 Å². The summed E-state index contributed by atoms with van der Waals surface area (Å²) in [5.41, 5.74) is 1.71. The lowest BCUT2D eigenvalue weighted by Crippen LogP contribution is -2.27. The molecule has 5 nitrogen and oxygen atoms in total. The minimum atomic E-state index is -0.165. The minimum Gasteiger partial charge on any atom is -0.492 e. The van der Waals surface area contributed by atoms with Gasteiger partial charge in [-0.2, -0.15) is 0 Å². The molecule has 2 N–H and O–H groups in total. The van der Waals surface area contributed by atoms with E-state index in [1.807, 2.05) is 43.5 Å². The first-order chi connectivity index (χ1) is 11.1. The van der Waals surface area contributed by atoms with Gasteiger partial charge >= 0.3 is 0 Å². The standard InChI is InChI=1S/C17H20N2O3S/c1-3-22-14-11-12(2)6-7-13(14)19-16(20)8-9-18-17(21)15-5-4-10-23-15/h4-7,10-11H,3,8-9H2,1-2H3,(H,18,21)(H,19,20). The van der Waals surface area contributed by atoms with E-state index < -0.39 is 0 Å². The number of hydrogen-bond donors (Lipinski definition) is 2. The Balaban J connectivity index is 1.84. The summed E-state index contributed by atoms with van der Waals surface area (Å²) in [5.74, 6) is 0.336. The van der Waals surface area contributed by atoms with Gasteiger partial charge in [-0.15, -0.1) is 11.3 Å². The lowest BCUT2D eigenvalue weighted by atomic mass is 10.2. The highest BCUT2D eigenvalue weighted by molar-refractivity contribution is 7.12. The molecule has 0 bridgehead atoms. The van der Waals surface area contributed by atoms with Crippen molar-refractivity contribution in [3.8, 4) is 5.75 Å². The molecule has 122 valence electrons. The first-order valence-corrected chi connectivity index (χ1v) is 8.33. The lowest BCUT2D eigenvalue weighted by Gasteiger charge is -2.12. The third kappa shape index (κ3) is 5.10. The van der Waals surface area contributed by atoms with Crippen LogP contribution in [0.4, 0.5) is 5.69 Å². The Labute approximate surface area is 139 Å². The zero-order valence-corrected chi connectivity index (χ0v) is 14.0. The SMILES string of the molecule is CCOc1cc(C)ccc1NC(=O)CCNC(=O)c1cccs1. The predicted molar refractivity (Wildman–Crippen MR) is 92.2 cm³/mol. The molecule has 0 radical (unpaired) electrons. The molecule has 0 saturated carbocycles. The van der Waals surface area contributed by atoms with E-state index in [1.165, 1.54) is 11.3 Å². The van der Waals surface area contributed by atoms with E-state index in [0.29, 0.717) is 29.5 Å². The van der Waals surface area contributed by atoms with Crippen molar-refractivity contribution in [1.29, 1.82) is 0 Å². The third-order valence-corrected chi connectivity index (χ3v) is 3.96. The number of benzene rings is 1. The smallest absolute Gasteiger partial charge is 0.261 e. The number of nitrogens with one attached hydrogen (secondary N) is 2. The molecule has 0 aliphatic heterocycles. The fourth-order valence-electron chi connectivity index (χ4n) is 2.00. The summed E-state index contributed by atoms with van der Waals surface area (Å²) >= 11 is 1.37. The zero-order chi connectivity index (χ0) is 16.7. The van der Waals surface area contributed by atoms with Crippen LogP contribution >= 0.6 is 11.3 Å². The molecule has 2 rings (SSSR count). The molecule has 0 aliphatic carbocycles. The van der Waals surface area contributed by atoms with E-state index >= 15 is 0 Å². The minimum absolute atomic E-state index is 0.154. The molecule has 2 aromatic rings. The van der Waals surface area contributed by atoms with Gasteiger partial charge in [-0.05, 0) is 43.0 Å². The Hall–Kier alpha value is -2.34. The zero-order valence-electron chi connectivity index (χ0n) is 13.2. The van der Waals surface area contributed by atoms with Crippen LogP contribution in [0.1, 0.15) is 28.6 Å². The molecule has 0 atom stereocenters. The monoisotopic (exact) mass is 332 g/mol. The number of ether oxygens (including phenoxy) is 1. The van der Waals surface area contributed by atoms with Crippen LogP contribution in [0.25, 0.3) is 0 Å². The van der Waals surface area contributed by atoms with Crippen LogP contribution in [0.2, 0.25) is 0 Å². The van der Waals surface area contributed by atoms with Gasteiger partial charge < -0.3 is 15.4 Å². The van der Waals surface area contributed by atoms with E-state index in [-0.39, 0.29) is 18.2 Å². The second-order valence-corrected chi connectivity index (χ2v) is 5.91. The average Bonchev–Trinajstić information content (AvgIpc) is 3.04. The summed E-state index contributed by atoms with van der Waals surface area (Å²) < 4.78 is 5.53. The van der Waals surface area contributed by atoms with Crippen molar-refractivity contribution in [3.05, 3.63) is 46.2 Å². The maximum atomic E-state index is 12.0. The Kier molecular flexibility index (Phi) is 6.17. The van der Waals surface area contributed by atoms with Gasteiger partial charge in [0.15, 0.2) is 0 Å². The van der Waals surface area contributed by atoms with Crippen molar-refractivity contribution in [2.45, 2.75) is 20.3 Å². The van der Waals surface area contributed by atoms with E-state index in [4.69, 9.17) is 4.74 Å². The van der Waals surface area contributed by atoms with E-state index in [2.05, 4.69) is 10.6 Å². The number of aryl methyl sites for hydroxylation is 1. The molecular weight excluding hydrogens is 312 g/mol. The molecule has 6 heteroatoms. The lowest BCUT2D eigenvalue weighted by molar-refractivity contribution is -0.116. The van der Waals surface area contributed by atoms with Crippen molar-refractivity contribution >= 4 is 28.8 Å². The second kappa shape index (κ2) is 8.33. The van der Waals surface area contributed by atoms with Gasteiger partial charge in [-0.25, -0.2) is 0 Å². The molecule has 0 unspecified atom stereocenters. The van der Waals surface area contributed by atoms with Crippen molar-refractivity contribution in [2.24, 2.45) is 0 Å². The summed E-state index contributed by atoms with van der Waals surface area (Å²) in [5, 5.41) is 7.39. The maximum Gasteiger partial charge on any atom is 0.261 e. The van der Waals surface area contributed by atoms with Gasteiger partial charge in [-0.1, -0.05) is 12.1 Å². The Morgan fingerprint density at radius 3 is 2.78 bits per heavy atom. The summed E-state index contributed by atoms with van der Waals surface area (Å²) in [7, 11) is 0. The van der Waals surface area contributed by atoms with Gasteiger partial charge in [0.25, 0.3) is 5.91 Å². The maximum absolute atomic E-state index is 12.0. The number of anilines is 1. The largest absolute Gasteiger partial charge is 0.492 e. The van der Waals surface area contributed by atoms with Crippen LogP contribution in [-0.2, 0) is 4.79 Å². The molecule has 0 saturated heterocycles. The van der Waals surface area contributed by atoms with Gasteiger partial charge in [0.1, 0.15) is 5.75 Å². The van der Waals surface area contributed by atoms with Crippen LogP contribution in [0.15, 0.2) is 35.7 Å². The summed E-state index contributed by atoms with van der Waals surface area (Å²) in [4.78, 5) is 24.4. The van der Waals surface area contributed by atoms with Crippen molar-refractivity contribution in [3.63, 3.8) is 0 Å². The van der Waals surface area contributed by atoms with Crippen molar-refractivity contribution < 1.29 is 14.3 Å². The first-order valence-electron chi connectivity index (χ1n) is 7.45. The molecule has 0 fully saturated rings. The van der Waals surface area contributed by atoms with Gasteiger partial charge in [0, 0.05) is 13.0 Å². The molecule has 1 heterocycles. The number of carbonyl (C=O) groups is 2. The summed E-state index contributed by atoms with van der Waals surface area (Å²) in [6.45, 7) is 4.68. The quantitative estimate of drug-likeness (QED) is 0.818.